The van der Waals surface area contributed by atoms with Gasteiger partial charge in [-0.1, -0.05) is 6.58 Å². The predicted octanol–water partition coefficient (Wildman–Crippen LogP) is 0.988. The zero-order valence-electron chi connectivity index (χ0n) is 19.6. The van der Waals surface area contributed by atoms with Gasteiger partial charge in [-0.25, -0.2) is 9.59 Å². The van der Waals surface area contributed by atoms with E-state index >= 15 is 0 Å². The third kappa shape index (κ3) is 13.7. The van der Waals surface area contributed by atoms with E-state index in [0.717, 1.165) is 4.90 Å². The number of carboxylic acid groups (broad SMARTS) is 2. The molecule has 194 valence electrons. The Balaban J connectivity index is 2.13. The van der Waals surface area contributed by atoms with Crippen molar-refractivity contribution in [3.05, 3.63) is 42.0 Å². The van der Waals surface area contributed by atoms with E-state index in [1.165, 1.54) is 24.3 Å². The molecule has 0 radical (unpaired) electrons. The highest BCUT2D eigenvalue weighted by Crippen LogP contribution is 2.16. The number of carbonyl (C=O) groups is 4. The number of hydrogen-bond acceptors (Lipinski definition) is 10. The lowest BCUT2D eigenvalue weighted by Gasteiger charge is -2.20. The number of anilines is 1. The molecule has 0 amide bonds. The topological polar surface area (TPSA) is 158 Å². The first-order valence-electron chi connectivity index (χ1n) is 10.7. The van der Waals surface area contributed by atoms with E-state index in [4.69, 9.17) is 33.9 Å². The third-order valence-corrected chi connectivity index (χ3v) is 4.13. The van der Waals surface area contributed by atoms with Crippen LogP contribution in [0.5, 0.6) is 0 Å². The number of carbonyl (C=O) groups excluding carboxylic acids is 2. The Morgan fingerprint density at radius 2 is 1.17 bits per heavy atom. The van der Waals surface area contributed by atoms with Crippen molar-refractivity contribution in [2.45, 2.75) is 6.92 Å². The van der Waals surface area contributed by atoms with Crippen molar-refractivity contribution in [1.29, 1.82) is 0 Å². The van der Waals surface area contributed by atoms with Gasteiger partial charge in [-0.3, -0.25) is 9.59 Å². The average molecular weight is 497 g/mol. The minimum absolute atomic E-state index is 0.0246. The van der Waals surface area contributed by atoms with E-state index in [0.29, 0.717) is 37.7 Å². The van der Waals surface area contributed by atoms with Crippen molar-refractivity contribution in [2.75, 3.05) is 70.8 Å². The fourth-order valence-corrected chi connectivity index (χ4v) is 2.51. The predicted molar refractivity (Wildman–Crippen MR) is 122 cm³/mol. The summed E-state index contributed by atoms with van der Waals surface area (Å²) in [5, 5.41) is 17.8. The number of carboxylic acids is 2. The Hall–Kier alpha value is -3.48. The van der Waals surface area contributed by atoms with Crippen molar-refractivity contribution in [2.24, 2.45) is 0 Å². The highest BCUT2D eigenvalue weighted by atomic mass is 16.6. The van der Waals surface area contributed by atoms with Crippen LogP contribution in [0.3, 0.4) is 0 Å². The molecule has 12 heteroatoms. The fourth-order valence-electron chi connectivity index (χ4n) is 2.51. The molecule has 0 atom stereocenters. The highest BCUT2D eigenvalue weighted by molar-refractivity contribution is 5.90. The van der Waals surface area contributed by atoms with Crippen LogP contribution in [0.25, 0.3) is 0 Å². The highest BCUT2D eigenvalue weighted by Gasteiger charge is 2.15. The molecule has 0 saturated heterocycles. The zero-order valence-corrected chi connectivity index (χ0v) is 19.6. The smallest absolute Gasteiger partial charge is 0.338 e. The molecule has 12 nitrogen and oxygen atoms in total. The van der Waals surface area contributed by atoms with Gasteiger partial charge in [0.1, 0.15) is 26.3 Å². The minimum atomic E-state index is -1.17. The molecule has 35 heavy (non-hydrogen) atoms. The second-order valence-corrected chi connectivity index (χ2v) is 7.08. The van der Waals surface area contributed by atoms with Crippen LogP contribution in [0.4, 0.5) is 5.69 Å². The molecule has 0 bridgehead atoms. The standard InChI is InChI=1S/C23H31NO11/c1-17(2)22(29)34-13-11-32-9-7-31-8-10-33-12-14-35-23(30)18-3-5-19(6-4-18)24(15-20(25)26)16-21(27)28/h3-6H,1,7-16H2,2H3,(H,25,26)(H,27,28). The summed E-state index contributed by atoms with van der Waals surface area (Å²) < 4.78 is 25.8. The van der Waals surface area contributed by atoms with Gasteiger partial charge in [-0.2, -0.15) is 0 Å². The van der Waals surface area contributed by atoms with E-state index < -0.39 is 37.0 Å². The largest absolute Gasteiger partial charge is 0.480 e. The maximum Gasteiger partial charge on any atom is 0.338 e. The molecule has 0 spiro atoms. The Morgan fingerprint density at radius 3 is 1.60 bits per heavy atom. The Labute approximate surface area is 203 Å². The summed E-state index contributed by atoms with van der Waals surface area (Å²) in [5.74, 6) is -3.40. The number of hydrogen-bond donors (Lipinski definition) is 2. The zero-order chi connectivity index (χ0) is 26.1. The van der Waals surface area contributed by atoms with Gasteiger partial charge in [-0.15, -0.1) is 0 Å². The van der Waals surface area contributed by atoms with Crippen LogP contribution < -0.4 is 4.90 Å². The maximum atomic E-state index is 12.1. The first kappa shape index (κ1) is 29.6. The molecule has 0 aliphatic carbocycles. The maximum absolute atomic E-state index is 12.1. The molecule has 0 heterocycles. The normalized spacial score (nSPS) is 10.4. The molecule has 1 aromatic carbocycles. The van der Waals surface area contributed by atoms with Crippen LogP contribution in [-0.4, -0.2) is 100 Å². The Kier molecular flexibility index (Phi) is 14.4. The first-order chi connectivity index (χ1) is 16.7. The van der Waals surface area contributed by atoms with Gasteiger partial charge in [0.2, 0.25) is 0 Å². The van der Waals surface area contributed by atoms with Crippen LogP contribution in [-0.2, 0) is 38.1 Å². The molecule has 0 aromatic heterocycles. The quantitative estimate of drug-likeness (QED) is 0.159. The summed E-state index contributed by atoms with van der Waals surface area (Å²) in [5.41, 5.74) is 0.918. The van der Waals surface area contributed by atoms with Gasteiger partial charge >= 0.3 is 23.9 Å². The van der Waals surface area contributed by atoms with E-state index in [9.17, 15) is 19.2 Å². The first-order valence-corrected chi connectivity index (χ1v) is 10.7. The minimum Gasteiger partial charge on any atom is -0.480 e. The van der Waals surface area contributed by atoms with Crippen molar-refractivity contribution < 1.29 is 53.1 Å². The van der Waals surface area contributed by atoms with Gasteiger partial charge in [0, 0.05) is 11.3 Å². The van der Waals surface area contributed by atoms with Gasteiger partial charge in [0.05, 0.1) is 45.2 Å². The summed E-state index contributed by atoms with van der Waals surface area (Å²) >= 11 is 0. The van der Waals surface area contributed by atoms with Gasteiger partial charge < -0.3 is 38.8 Å². The molecule has 0 aliphatic heterocycles. The van der Waals surface area contributed by atoms with Gasteiger partial charge in [-0.05, 0) is 31.2 Å². The SMILES string of the molecule is C=C(C)C(=O)OCCOCCOCCOCCOC(=O)c1ccc(N(CC(=O)O)CC(=O)O)cc1. The summed E-state index contributed by atoms with van der Waals surface area (Å²) in [6.07, 6.45) is 0. The number of aliphatic carboxylic acids is 2. The van der Waals surface area contributed by atoms with E-state index in [-0.39, 0.29) is 32.0 Å². The summed E-state index contributed by atoms with van der Waals surface area (Å²) in [6, 6.07) is 5.76. The van der Waals surface area contributed by atoms with Crippen LogP contribution in [0, 0.1) is 0 Å². The van der Waals surface area contributed by atoms with Crippen molar-refractivity contribution >= 4 is 29.6 Å². The van der Waals surface area contributed by atoms with Crippen LogP contribution >= 0.6 is 0 Å². The van der Waals surface area contributed by atoms with Crippen LogP contribution in [0.2, 0.25) is 0 Å². The number of rotatable bonds is 19. The molecular formula is C23H31NO11. The third-order valence-electron chi connectivity index (χ3n) is 4.13. The summed E-state index contributed by atoms with van der Waals surface area (Å²) in [6.45, 7) is 5.96. The Morgan fingerprint density at radius 1 is 0.743 bits per heavy atom. The van der Waals surface area contributed by atoms with Gasteiger partial charge in [0.15, 0.2) is 0 Å². The van der Waals surface area contributed by atoms with Crippen molar-refractivity contribution in [1.82, 2.24) is 0 Å². The number of benzene rings is 1. The van der Waals surface area contributed by atoms with E-state index in [1.807, 2.05) is 0 Å². The average Bonchev–Trinajstić information content (AvgIpc) is 2.80. The molecule has 0 aliphatic rings. The molecule has 0 unspecified atom stereocenters. The summed E-state index contributed by atoms with van der Waals surface area (Å²) in [4.78, 5) is 46.2. The number of esters is 2. The lowest BCUT2D eigenvalue weighted by atomic mass is 10.2. The van der Waals surface area contributed by atoms with E-state index in [1.54, 1.807) is 6.92 Å². The Bertz CT molecular complexity index is 822. The lowest BCUT2D eigenvalue weighted by Crippen LogP contribution is -2.34. The molecule has 2 N–H and O–H groups in total. The number of nitrogens with zero attached hydrogens (tertiary/aromatic N) is 1. The van der Waals surface area contributed by atoms with Crippen molar-refractivity contribution in [3.8, 4) is 0 Å². The second kappa shape index (κ2) is 17.0. The fraction of sp³-hybridized carbons (Fsp3) is 0.478. The molecule has 1 aromatic rings. The van der Waals surface area contributed by atoms with Crippen LogP contribution in [0.1, 0.15) is 17.3 Å². The molecule has 0 fully saturated rings. The molecular weight excluding hydrogens is 466 g/mol. The summed E-state index contributed by atoms with van der Waals surface area (Å²) in [7, 11) is 0. The molecule has 1 rings (SSSR count). The lowest BCUT2D eigenvalue weighted by molar-refractivity contribution is -0.141. The number of ether oxygens (including phenoxy) is 5. The van der Waals surface area contributed by atoms with Gasteiger partial charge in [0.25, 0.3) is 0 Å². The van der Waals surface area contributed by atoms with Crippen LogP contribution in [0.15, 0.2) is 36.4 Å². The van der Waals surface area contributed by atoms with Crippen molar-refractivity contribution in [3.63, 3.8) is 0 Å². The van der Waals surface area contributed by atoms with E-state index in [2.05, 4.69) is 6.58 Å². The monoisotopic (exact) mass is 497 g/mol. The second-order valence-electron chi connectivity index (χ2n) is 7.08. The molecule has 0 saturated carbocycles.